The van der Waals surface area contributed by atoms with Gasteiger partial charge in [-0.1, -0.05) is 11.6 Å². The second-order valence-corrected chi connectivity index (χ2v) is 5.60. The molecule has 1 aromatic heterocycles. The maximum absolute atomic E-state index is 8.89. The van der Waals surface area contributed by atoms with Crippen LogP contribution in [0.15, 0.2) is 33.9 Å². The Morgan fingerprint density at radius 2 is 2.21 bits per heavy atom. The molecular weight excluding hydrogens is 348 g/mol. The zero-order chi connectivity index (χ0) is 13.8. The average Bonchev–Trinajstić information content (AvgIpc) is 2.40. The molecule has 0 saturated carbocycles. The fourth-order valence-electron chi connectivity index (χ4n) is 1.41. The zero-order valence-electron chi connectivity index (χ0n) is 9.82. The van der Waals surface area contributed by atoms with Crippen LogP contribution in [0.1, 0.15) is 5.56 Å². The predicted octanol–water partition coefficient (Wildman–Crippen LogP) is 4.23. The highest BCUT2D eigenvalue weighted by Crippen LogP contribution is 2.25. The lowest BCUT2D eigenvalue weighted by Crippen LogP contribution is -1.98. The van der Waals surface area contributed by atoms with Crippen LogP contribution in [0.3, 0.4) is 0 Å². The van der Waals surface area contributed by atoms with Gasteiger partial charge in [0.25, 0.3) is 0 Å². The fraction of sp³-hybridized carbons (Fsp3) is 0.0833. The summed E-state index contributed by atoms with van der Waals surface area (Å²) in [6.07, 6.45) is 3.61. The fourth-order valence-corrected chi connectivity index (χ4v) is 2.75. The normalized spacial score (nSPS) is 10.0. The Balaban J connectivity index is 2.31. The van der Waals surface area contributed by atoms with Gasteiger partial charge < -0.3 is 5.32 Å². The number of nitrogens with one attached hydrogen (secondary N) is 1. The monoisotopic (exact) mass is 354 g/mol. The van der Waals surface area contributed by atoms with Crippen LogP contribution >= 0.6 is 39.3 Å². The van der Waals surface area contributed by atoms with Gasteiger partial charge in [0.05, 0.1) is 16.1 Å². The highest BCUT2D eigenvalue weighted by Gasteiger charge is 2.05. The largest absolute Gasteiger partial charge is 0.324 e. The van der Waals surface area contributed by atoms with Crippen molar-refractivity contribution in [2.75, 3.05) is 11.6 Å². The molecule has 0 unspecified atom stereocenters. The molecule has 2 rings (SSSR count). The molecule has 0 aliphatic rings. The molecule has 96 valence electrons. The van der Waals surface area contributed by atoms with E-state index in [0.717, 1.165) is 9.50 Å². The molecule has 19 heavy (non-hydrogen) atoms. The number of nitriles is 1. The molecule has 0 spiro atoms. The van der Waals surface area contributed by atoms with Crippen LogP contribution in [0.25, 0.3) is 0 Å². The van der Waals surface area contributed by atoms with Crippen molar-refractivity contribution in [1.29, 1.82) is 5.26 Å². The predicted molar refractivity (Wildman–Crippen MR) is 81.0 cm³/mol. The first-order valence-electron chi connectivity index (χ1n) is 5.16. The molecule has 2 aromatic rings. The molecular formula is C12H8BrClN4S. The Kier molecular flexibility index (Phi) is 4.64. The van der Waals surface area contributed by atoms with Crippen LogP contribution in [0.4, 0.5) is 11.6 Å². The molecule has 0 atom stereocenters. The van der Waals surface area contributed by atoms with Gasteiger partial charge in [0, 0.05) is 16.9 Å². The first kappa shape index (κ1) is 14.1. The number of hydrogen-bond acceptors (Lipinski definition) is 5. The topological polar surface area (TPSA) is 61.6 Å². The van der Waals surface area contributed by atoms with E-state index in [1.807, 2.05) is 12.3 Å². The van der Waals surface area contributed by atoms with Crippen molar-refractivity contribution in [3.63, 3.8) is 0 Å². The van der Waals surface area contributed by atoms with Gasteiger partial charge in [-0.2, -0.15) is 5.26 Å². The number of halogens is 2. The summed E-state index contributed by atoms with van der Waals surface area (Å²) in [7, 11) is 0. The van der Waals surface area contributed by atoms with Crippen LogP contribution in [0, 0.1) is 11.3 Å². The van der Waals surface area contributed by atoms with Crippen molar-refractivity contribution in [2.24, 2.45) is 0 Å². The summed E-state index contributed by atoms with van der Waals surface area (Å²) in [5, 5.41) is 13.2. The van der Waals surface area contributed by atoms with Crippen LogP contribution in [-0.4, -0.2) is 16.2 Å². The minimum Gasteiger partial charge on any atom is -0.324 e. The Bertz CT molecular complexity index is 657. The number of hydrogen-bond donors (Lipinski definition) is 1. The molecule has 0 aliphatic heterocycles. The minimum absolute atomic E-state index is 0.457. The van der Waals surface area contributed by atoms with Crippen molar-refractivity contribution in [2.45, 2.75) is 5.03 Å². The third-order valence-electron chi connectivity index (χ3n) is 2.19. The van der Waals surface area contributed by atoms with Gasteiger partial charge in [-0.05, 0) is 40.4 Å². The molecule has 0 aliphatic carbocycles. The molecule has 7 heteroatoms. The van der Waals surface area contributed by atoms with E-state index in [1.54, 1.807) is 24.4 Å². The summed E-state index contributed by atoms with van der Waals surface area (Å²) in [5.41, 5.74) is 1.16. The van der Waals surface area contributed by atoms with Crippen molar-refractivity contribution in [3.8, 4) is 6.07 Å². The quantitative estimate of drug-likeness (QED) is 0.659. The SMILES string of the molecule is CSc1nc(Nc2cc(Cl)cc(C#N)c2)ncc1Br. The number of nitrogens with zero attached hydrogens (tertiary/aromatic N) is 3. The van der Waals surface area contributed by atoms with Crippen molar-refractivity contribution in [1.82, 2.24) is 9.97 Å². The van der Waals surface area contributed by atoms with Gasteiger partial charge in [-0.15, -0.1) is 11.8 Å². The maximum atomic E-state index is 8.89. The lowest BCUT2D eigenvalue weighted by molar-refractivity contribution is 1.04. The summed E-state index contributed by atoms with van der Waals surface area (Å²) < 4.78 is 0.842. The van der Waals surface area contributed by atoms with E-state index in [4.69, 9.17) is 16.9 Å². The van der Waals surface area contributed by atoms with Gasteiger partial charge >= 0.3 is 0 Å². The first-order chi connectivity index (χ1) is 9.12. The molecule has 1 aromatic carbocycles. The lowest BCUT2D eigenvalue weighted by atomic mass is 10.2. The molecule has 4 nitrogen and oxygen atoms in total. The van der Waals surface area contributed by atoms with Gasteiger partial charge in [0.15, 0.2) is 0 Å². The molecule has 0 radical (unpaired) electrons. The first-order valence-corrected chi connectivity index (χ1v) is 7.56. The Labute approximate surface area is 128 Å². The van der Waals surface area contributed by atoms with Crippen LogP contribution in [0.2, 0.25) is 5.02 Å². The van der Waals surface area contributed by atoms with Gasteiger partial charge in [-0.25, -0.2) is 9.97 Å². The van der Waals surface area contributed by atoms with E-state index < -0.39 is 0 Å². The highest BCUT2D eigenvalue weighted by atomic mass is 79.9. The second-order valence-electron chi connectivity index (χ2n) is 3.52. The van der Waals surface area contributed by atoms with Crippen molar-refractivity contribution >= 4 is 50.9 Å². The Hall–Kier alpha value is -1.29. The molecule has 0 amide bonds. The zero-order valence-corrected chi connectivity index (χ0v) is 13.0. The molecule has 0 bridgehead atoms. The number of thioether (sulfide) groups is 1. The van der Waals surface area contributed by atoms with E-state index in [-0.39, 0.29) is 0 Å². The Morgan fingerprint density at radius 3 is 2.89 bits per heavy atom. The van der Waals surface area contributed by atoms with Crippen molar-refractivity contribution < 1.29 is 0 Å². The van der Waals surface area contributed by atoms with E-state index in [0.29, 0.717) is 22.2 Å². The van der Waals surface area contributed by atoms with E-state index in [1.165, 1.54) is 11.8 Å². The molecule has 1 heterocycles. The summed E-state index contributed by atoms with van der Waals surface area (Å²) in [6.45, 7) is 0. The van der Waals surface area contributed by atoms with E-state index in [2.05, 4.69) is 31.2 Å². The van der Waals surface area contributed by atoms with Crippen LogP contribution in [0.5, 0.6) is 0 Å². The van der Waals surface area contributed by atoms with Crippen LogP contribution < -0.4 is 5.32 Å². The summed E-state index contributed by atoms with van der Waals surface area (Å²) >= 11 is 10.8. The van der Waals surface area contributed by atoms with Gasteiger partial charge in [-0.3, -0.25) is 0 Å². The number of aromatic nitrogens is 2. The van der Waals surface area contributed by atoms with Crippen molar-refractivity contribution in [3.05, 3.63) is 39.5 Å². The molecule has 0 fully saturated rings. The van der Waals surface area contributed by atoms with Gasteiger partial charge in [0.1, 0.15) is 5.03 Å². The average molecular weight is 356 g/mol. The second kappa shape index (κ2) is 6.24. The minimum atomic E-state index is 0.457. The number of benzene rings is 1. The number of rotatable bonds is 3. The summed E-state index contributed by atoms with van der Waals surface area (Å²) in [6, 6.07) is 7.05. The third-order valence-corrected chi connectivity index (χ3v) is 3.95. The highest BCUT2D eigenvalue weighted by molar-refractivity contribution is 9.10. The summed E-state index contributed by atoms with van der Waals surface area (Å²) in [5.74, 6) is 0.457. The Morgan fingerprint density at radius 1 is 1.42 bits per heavy atom. The summed E-state index contributed by atoms with van der Waals surface area (Å²) in [4.78, 5) is 8.50. The lowest BCUT2D eigenvalue weighted by Gasteiger charge is -2.07. The van der Waals surface area contributed by atoms with Gasteiger partial charge in [0.2, 0.25) is 5.95 Å². The van der Waals surface area contributed by atoms with E-state index >= 15 is 0 Å². The number of anilines is 2. The smallest absolute Gasteiger partial charge is 0.228 e. The maximum Gasteiger partial charge on any atom is 0.228 e. The van der Waals surface area contributed by atoms with Crippen LogP contribution in [-0.2, 0) is 0 Å². The third kappa shape index (κ3) is 3.60. The van der Waals surface area contributed by atoms with E-state index in [9.17, 15) is 0 Å². The molecule has 0 saturated heterocycles. The molecule has 1 N–H and O–H groups in total. The standard InChI is InChI=1S/C12H8BrClN4S/c1-19-11-10(13)6-16-12(18-11)17-9-3-7(5-15)2-8(14)4-9/h2-4,6H,1H3,(H,16,17,18).